The minimum Gasteiger partial charge on any atom is -0.466 e. The first-order chi connectivity index (χ1) is 27.1. The molecule has 0 aliphatic heterocycles. The minimum atomic E-state index is -0.170. The fraction of sp³-hybridized carbons (Fsp3) is 0.240. The molecule has 56 heavy (non-hydrogen) atoms. The monoisotopic (exact) mass is 744 g/mol. The van der Waals surface area contributed by atoms with Gasteiger partial charge in [0.2, 0.25) is 0 Å². The Morgan fingerprint density at radius 3 is 1.02 bits per heavy atom. The third-order valence-electron chi connectivity index (χ3n) is 10.3. The van der Waals surface area contributed by atoms with Crippen molar-refractivity contribution >= 4 is 46.1 Å². The Morgan fingerprint density at radius 2 is 0.714 bits per heavy atom. The summed E-state index contributed by atoms with van der Waals surface area (Å²) < 4.78 is 10.2. The molecule has 286 valence electrons. The molecule has 6 aromatic carbocycles. The van der Waals surface area contributed by atoms with Crippen molar-refractivity contribution in [2.45, 2.75) is 67.2 Å². The minimum absolute atomic E-state index is 0.170. The van der Waals surface area contributed by atoms with Crippen molar-refractivity contribution in [3.63, 3.8) is 0 Å². The van der Waals surface area contributed by atoms with Crippen molar-refractivity contribution in [1.82, 2.24) is 0 Å². The van der Waals surface area contributed by atoms with Gasteiger partial charge in [-0.15, -0.1) is 0 Å². The Kier molecular flexibility index (Phi) is 13.0. The summed E-state index contributed by atoms with van der Waals surface area (Å²) >= 11 is 0. The number of hydrogen-bond donors (Lipinski definition) is 0. The van der Waals surface area contributed by atoms with Gasteiger partial charge in [-0.05, 0) is 172 Å². The van der Waals surface area contributed by atoms with Gasteiger partial charge in [-0.1, -0.05) is 60.7 Å². The number of aryl methyl sites for hydroxylation is 6. The predicted octanol–water partition coefficient (Wildman–Crippen LogP) is 12.5. The summed E-state index contributed by atoms with van der Waals surface area (Å²) in [6.45, 7) is 13.0. The molecule has 6 rings (SSSR count). The SMILES string of the molecule is CCOC(=O)CCc1ccc(N(c2ccc(-c3ccc(N(c4ccc(CCC(=O)OCC)cc4)c4ccc(C)c(C)c4)cc3)cc2)c2ccc(C)c(C)c2)cc1. The highest BCUT2D eigenvalue weighted by Crippen LogP contribution is 2.39. The van der Waals surface area contributed by atoms with Crippen LogP contribution in [0.1, 0.15) is 60.1 Å². The van der Waals surface area contributed by atoms with Crippen molar-refractivity contribution in [3.8, 4) is 11.1 Å². The van der Waals surface area contributed by atoms with E-state index in [9.17, 15) is 9.59 Å². The van der Waals surface area contributed by atoms with E-state index >= 15 is 0 Å². The number of nitrogens with zero attached hydrogens (tertiary/aromatic N) is 2. The van der Waals surface area contributed by atoms with Crippen LogP contribution in [0.4, 0.5) is 34.1 Å². The first kappa shape index (κ1) is 39.6. The molecular weight excluding hydrogens is 693 g/mol. The van der Waals surface area contributed by atoms with Crippen LogP contribution in [0.2, 0.25) is 0 Å². The van der Waals surface area contributed by atoms with Gasteiger partial charge in [-0.25, -0.2) is 0 Å². The lowest BCUT2D eigenvalue weighted by molar-refractivity contribution is -0.144. The molecule has 0 aromatic heterocycles. The topological polar surface area (TPSA) is 59.1 Å². The Bertz CT molecular complexity index is 2080. The maximum atomic E-state index is 12.0. The van der Waals surface area contributed by atoms with E-state index < -0.39 is 0 Å². The van der Waals surface area contributed by atoms with E-state index in [-0.39, 0.29) is 11.9 Å². The number of carbonyl (C=O) groups is 2. The second-order valence-electron chi connectivity index (χ2n) is 14.2. The Morgan fingerprint density at radius 1 is 0.411 bits per heavy atom. The average Bonchev–Trinajstić information content (AvgIpc) is 3.21. The Hall–Kier alpha value is -6.14. The van der Waals surface area contributed by atoms with Gasteiger partial charge in [0.05, 0.1) is 13.2 Å². The smallest absolute Gasteiger partial charge is 0.306 e. The molecule has 0 N–H and O–H groups in total. The molecule has 0 saturated carbocycles. The number of hydrogen-bond acceptors (Lipinski definition) is 6. The molecular formula is C50H52N2O4. The number of esters is 2. The second kappa shape index (κ2) is 18.5. The van der Waals surface area contributed by atoms with E-state index in [1.54, 1.807) is 0 Å². The van der Waals surface area contributed by atoms with Crippen molar-refractivity contribution in [2.24, 2.45) is 0 Å². The van der Waals surface area contributed by atoms with E-state index in [1.165, 1.54) is 22.3 Å². The summed E-state index contributed by atoms with van der Waals surface area (Å²) in [5.41, 5.74) is 15.8. The molecule has 0 fully saturated rings. The van der Waals surface area contributed by atoms with E-state index in [0.29, 0.717) is 38.9 Å². The van der Waals surface area contributed by atoms with Gasteiger partial charge in [0.25, 0.3) is 0 Å². The quantitative estimate of drug-likeness (QED) is 0.0976. The third-order valence-corrected chi connectivity index (χ3v) is 10.3. The van der Waals surface area contributed by atoms with Crippen molar-refractivity contribution in [1.29, 1.82) is 0 Å². The molecule has 0 aliphatic carbocycles. The lowest BCUT2D eigenvalue weighted by Gasteiger charge is -2.27. The summed E-state index contributed by atoms with van der Waals surface area (Å²) in [6, 6.07) is 47.5. The molecule has 0 amide bonds. The summed E-state index contributed by atoms with van der Waals surface area (Å²) in [6.07, 6.45) is 2.02. The number of rotatable bonds is 15. The van der Waals surface area contributed by atoms with Crippen LogP contribution in [0.5, 0.6) is 0 Å². The zero-order valence-electron chi connectivity index (χ0n) is 33.5. The van der Waals surface area contributed by atoms with Crippen LogP contribution in [-0.2, 0) is 31.9 Å². The maximum absolute atomic E-state index is 12.0. The number of benzene rings is 6. The van der Waals surface area contributed by atoms with Gasteiger partial charge < -0.3 is 19.3 Å². The van der Waals surface area contributed by atoms with Crippen LogP contribution in [-0.4, -0.2) is 25.2 Å². The normalized spacial score (nSPS) is 10.9. The van der Waals surface area contributed by atoms with Crippen LogP contribution >= 0.6 is 0 Å². The fourth-order valence-corrected chi connectivity index (χ4v) is 6.81. The van der Waals surface area contributed by atoms with Crippen LogP contribution in [0.25, 0.3) is 11.1 Å². The van der Waals surface area contributed by atoms with Crippen LogP contribution in [0.3, 0.4) is 0 Å². The van der Waals surface area contributed by atoms with Crippen LogP contribution < -0.4 is 9.80 Å². The lowest BCUT2D eigenvalue weighted by atomic mass is 10.0. The van der Waals surface area contributed by atoms with E-state index in [0.717, 1.165) is 56.4 Å². The van der Waals surface area contributed by atoms with Crippen molar-refractivity contribution in [3.05, 3.63) is 167 Å². The highest BCUT2D eigenvalue weighted by molar-refractivity contribution is 5.81. The molecule has 0 heterocycles. The Balaban J connectivity index is 1.26. The molecule has 6 aromatic rings. The molecule has 0 atom stereocenters. The Labute approximate surface area is 332 Å². The van der Waals surface area contributed by atoms with Crippen LogP contribution in [0, 0.1) is 27.7 Å². The zero-order chi connectivity index (χ0) is 39.6. The third kappa shape index (κ3) is 9.74. The van der Waals surface area contributed by atoms with Crippen molar-refractivity contribution in [2.75, 3.05) is 23.0 Å². The van der Waals surface area contributed by atoms with Gasteiger partial charge in [0, 0.05) is 47.0 Å². The fourth-order valence-electron chi connectivity index (χ4n) is 6.81. The molecule has 0 aliphatic rings. The van der Waals surface area contributed by atoms with Gasteiger partial charge >= 0.3 is 11.9 Å². The van der Waals surface area contributed by atoms with Gasteiger partial charge in [0.1, 0.15) is 0 Å². The van der Waals surface area contributed by atoms with Crippen LogP contribution in [0.15, 0.2) is 133 Å². The molecule has 0 bridgehead atoms. The summed E-state index contributed by atoms with van der Waals surface area (Å²) in [5, 5.41) is 0. The largest absolute Gasteiger partial charge is 0.466 e. The van der Waals surface area contributed by atoms with E-state index in [2.05, 4.69) is 171 Å². The molecule has 0 saturated heterocycles. The molecule has 6 heteroatoms. The standard InChI is InChI=1S/C50H52N2O4/c1-7-55-49(53)31-15-39-11-23-43(24-12-39)51(47-21-9-35(3)37(5)33-47)45-27-17-41(18-28-45)42-19-29-46(30-20-42)52(48-22-10-36(4)38(6)34-48)44-25-13-40(14-26-44)16-32-50(54)56-8-2/h9-14,17-30,33-34H,7-8,15-16,31-32H2,1-6H3. The van der Waals surface area contributed by atoms with E-state index in [4.69, 9.17) is 9.47 Å². The zero-order valence-corrected chi connectivity index (χ0v) is 33.5. The first-order valence-corrected chi connectivity index (χ1v) is 19.6. The van der Waals surface area contributed by atoms with E-state index in [1.807, 2.05) is 13.8 Å². The van der Waals surface area contributed by atoms with Gasteiger partial charge in [-0.3, -0.25) is 9.59 Å². The first-order valence-electron chi connectivity index (χ1n) is 19.6. The highest BCUT2D eigenvalue weighted by atomic mass is 16.5. The lowest BCUT2D eigenvalue weighted by Crippen LogP contribution is -2.11. The molecule has 0 unspecified atom stereocenters. The molecule has 0 spiro atoms. The highest BCUT2D eigenvalue weighted by Gasteiger charge is 2.16. The number of ether oxygens (including phenoxy) is 2. The van der Waals surface area contributed by atoms with Gasteiger partial charge in [0.15, 0.2) is 0 Å². The maximum Gasteiger partial charge on any atom is 0.306 e. The number of anilines is 6. The summed E-state index contributed by atoms with van der Waals surface area (Å²) in [7, 11) is 0. The number of carbonyl (C=O) groups excluding carboxylic acids is 2. The predicted molar refractivity (Wildman–Crippen MR) is 230 cm³/mol. The summed E-state index contributed by atoms with van der Waals surface area (Å²) in [4.78, 5) is 28.5. The summed E-state index contributed by atoms with van der Waals surface area (Å²) in [5.74, 6) is -0.339. The van der Waals surface area contributed by atoms with Gasteiger partial charge in [-0.2, -0.15) is 0 Å². The average molecular weight is 745 g/mol. The second-order valence-corrected chi connectivity index (χ2v) is 14.2. The van der Waals surface area contributed by atoms with Crippen molar-refractivity contribution < 1.29 is 19.1 Å². The molecule has 6 nitrogen and oxygen atoms in total. The molecule has 0 radical (unpaired) electrons.